The Balaban J connectivity index is 2.20. The Kier molecular flexibility index (Phi) is 8.50. The summed E-state index contributed by atoms with van der Waals surface area (Å²) in [7, 11) is 0. The van der Waals surface area contributed by atoms with Crippen molar-refractivity contribution >= 4 is 34.5 Å². The number of para-hydroxylation sites is 1. The molecule has 0 saturated heterocycles. The number of hydrogen-bond acceptors (Lipinski definition) is 5. The van der Waals surface area contributed by atoms with Crippen molar-refractivity contribution in [2.75, 3.05) is 25.4 Å². The Morgan fingerprint density at radius 1 is 1.21 bits per heavy atom. The van der Waals surface area contributed by atoms with Crippen molar-refractivity contribution in [3.05, 3.63) is 34.6 Å². The molecule has 28 heavy (non-hydrogen) atoms. The largest absolute Gasteiger partial charge is 0.355 e. The van der Waals surface area contributed by atoms with E-state index in [1.807, 2.05) is 26.0 Å². The normalized spacial score (nSPS) is 10.8. The predicted octanol–water partition coefficient (Wildman–Crippen LogP) is 2.27. The van der Waals surface area contributed by atoms with Crippen molar-refractivity contribution < 1.29 is 9.59 Å². The molecule has 0 fully saturated rings. The minimum absolute atomic E-state index is 0.0392. The number of thioether (sulfide) groups is 1. The van der Waals surface area contributed by atoms with Crippen LogP contribution in [0.3, 0.4) is 0 Å². The van der Waals surface area contributed by atoms with Crippen LogP contribution >= 0.6 is 11.8 Å². The average molecular weight is 405 g/mol. The zero-order valence-corrected chi connectivity index (χ0v) is 17.6. The number of rotatable bonds is 10. The summed E-state index contributed by atoms with van der Waals surface area (Å²) < 4.78 is 1.66. The van der Waals surface area contributed by atoms with Crippen LogP contribution in [0.1, 0.15) is 33.6 Å². The van der Waals surface area contributed by atoms with E-state index in [9.17, 15) is 14.4 Å². The fourth-order valence-electron chi connectivity index (χ4n) is 2.79. The van der Waals surface area contributed by atoms with Crippen molar-refractivity contribution in [3.63, 3.8) is 0 Å². The lowest BCUT2D eigenvalue weighted by molar-refractivity contribution is -0.133. The lowest BCUT2D eigenvalue weighted by Gasteiger charge is -2.20. The van der Waals surface area contributed by atoms with Crippen LogP contribution in [0.4, 0.5) is 0 Å². The molecule has 0 unspecified atom stereocenters. The summed E-state index contributed by atoms with van der Waals surface area (Å²) in [5.41, 5.74) is 0.550. The lowest BCUT2D eigenvalue weighted by Crippen LogP contribution is -2.41. The van der Waals surface area contributed by atoms with Crippen molar-refractivity contribution in [3.8, 4) is 0 Å². The lowest BCUT2D eigenvalue weighted by atomic mass is 10.2. The zero-order valence-electron chi connectivity index (χ0n) is 16.7. The summed E-state index contributed by atoms with van der Waals surface area (Å²) in [6.07, 6.45) is 1.82. The van der Waals surface area contributed by atoms with Gasteiger partial charge in [-0.1, -0.05) is 37.2 Å². The van der Waals surface area contributed by atoms with E-state index in [2.05, 4.69) is 17.2 Å². The second-order valence-corrected chi connectivity index (χ2v) is 7.31. The standard InChI is InChI=1S/C20H28N4O3S/c1-4-7-12-24-19(27)15-10-8-9-11-16(15)22-20(24)28-14-18(26)23(6-3)13-17(25)21-5-2/h8-11H,4-7,12-14H2,1-3H3,(H,21,25). The van der Waals surface area contributed by atoms with Gasteiger partial charge in [0.25, 0.3) is 5.56 Å². The molecule has 2 amide bonds. The van der Waals surface area contributed by atoms with Crippen molar-refractivity contribution in [2.24, 2.45) is 0 Å². The Hall–Kier alpha value is -2.35. The number of likely N-dealkylation sites (N-methyl/N-ethyl adjacent to an activating group) is 2. The highest BCUT2D eigenvalue weighted by Crippen LogP contribution is 2.19. The maximum atomic E-state index is 12.9. The first-order valence-electron chi connectivity index (χ1n) is 9.68. The highest BCUT2D eigenvalue weighted by Gasteiger charge is 2.18. The number of hydrogen-bond donors (Lipinski definition) is 1. The highest BCUT2D eigenvalue weighted by molar-refractivity contribution is 7.99. The van der Waals surface area contributed by atoms with E-state index >= 15 is 0 Å². The number of amides is 2. The van der Waals surface area contributed by atoms with Gasteiger partial charge in [0.05, 0.1) is 23.2 Å². The highest BCUT2D eigenvalue weighted by atomic mass is 32.2. The van der Waals surface area contributed by atoms with Gasteiger partial charge in [-0.05, 0) is 32.4 Å². The van der Waals surface area contributed by atoms with Gasteiger partial charge < -0.3 is 10.2 Å². The van der Waals surface area contributed by atoms with Crippen molar-refractivity contribution in [2.45, 2.75) is 45.3 Å². The van der Waals surface area contributed by atoms with Crippen LogP contribution in [0.15, 0.2) is 34.2 Å². The minimum Gasteiger partial charge on any atom is -0.355 e. The van der Waals surface area contributed by atoms with Crippen LogP contribution in [-0.2, 0) is 16.1 Å². The summed E-state index contributed by atoms with van der Waals surface area (Å²) in [5, 5.41) is 3.83. The molecule has 0 aliphatic carbocycles. The molecule has 2 aromatic rings. The van der Waals surface area contributed by atoms with Crippen LogP contribution in [0.25, 0.3) is 10.9 Å². The van der Waals surface area contributed by atoms with Crippen LogP contribution < -0.4 is 10.9 Å². The fourth-order valence-corrected chi connectivity index (χ4v) is 3.72. The van der Waals surface area contributed by atoms with E-state index in [-0.39, 0.29) is 29.7 Å². The molecule has 0 saturated carbocycles. The molecule has 7 nitrogen and oxygen atoms in total. The van der Waals surface area contributed by atoms with Gasteiger partial charge in [-0.3, -0.25) is 19.0 Å². The van der Waals surface area contributed by atoms with E-state index in [4.69, 9.17) is 0 Å². The quantitative estimate of drug-likeness (QED) is 0.485. The van der Waals surface area contributed by atoms with E-state index in [1.54, 1.807) is 16.7 Å². The first-order chi connectivity index (χ1) is 13.5. The Morgan fingerprint density at radius 3 is 2.64 bits per heavy atom. The molecule has 1 aromatic carbocycles. The third-order valence-corrected chi connectivity index (χ3v) is 5.29. The summed E-state index contributed by atoms with van der Waals surface area (Å²) in [6.45, 7) is 7.34. The molecule has 0 aliphatic rings. The van der Waals surface area contributed by atoms with Gasteiger partial charge >= 0.3 is 0 Å². The van der Waals surface area contributed by atoms with Gasteiger partial charge in [0.1, 0.15) is 0 Å². The number of carbonyl (C=O) groups is 2. The Bertz CT molecular complexity index is 881. The zero-order chi connectivity index (χ0) is 20.5. The monoisotopic (exact) mass is 404 g/mol. The first kappa shape index (κ1) is 21.9. The minimum atomic E-state index is -0.175. The number of nitrogens with one attached hydrogen (secondary N) is 1. The second kappa shape index (κ2) is 10.8. The van der Waals surface area contributed by atoms with Gasteiger partial charge in [0.15, 0.2) is 5.16 Å². The molecule has 0 aliphatic heterocycles. The van der Waals surface area contributed by atoms with Gasteiger partial charge in [-0.15, -0.1) is 0 Å². The summed E-state index contributed by atoms with van der Waals surface area (Å²) >= 11 is 1.25. The third kappa shape index (κ3) is 5.58. The Morgan fingerprint density at radius 2 is 1.96 bits per heavy atom. The molecular weight excluding hydrogens is 376 g/mol. The van der Waals surface area contributed by atoms with E-state index < -0.39 is 0 Å². The van der Waals surface area contributed by atoms with Crippen molar-refractivity contribution in [1.82, 2.24) is 19.8 Å². The molecule has 1 aromatic heterocycles. The number of carbonyl (C=O) groups excluding carboxylic acids is 2. The molecule has 152 valence electrons. The number of nitrogens with zero attached hydrogens (tertiary/aromatic N) is 3. The maximum Gasteiger partial charge on any atom is 0.262 e. The van der Waals surface area contributed by atoms with Gasteiger partial charge in [-0.25, -0.2) is 4.98 Å². The molecular formula is C20H28N4O3S. The van der Waals surface area contributed by atoms with Crippen LogP contribution in [0.2, 0.25) is 0 Å². The predicted molar refractivity (Wildman–Crippen MR) is 113 cm³/mol. The summed E-state index contributed by atoms with van der Waals surface area (Å²) in [5.74, 6) is -0.195. The van der Waals surface area contributed by atoms with E-state index in [1.165, 1.54) is 16.7 Å². The number of unbranched alkanes of at least 4 members (excludes halogenated alkanes) is 1. The summed E-state index contributed by atoms with van der Waals surface area (Å²) in [6, 6.07) is 7.25. The molecule has 0 bridgehead atoms. The maximum absolute atomic E-state index is 12.9. The molecule has 0 atom stereocenters. The molecule has 0 spiro atoms. The molecule has 8 heteroatoms. The number of benzene rings is 1. The van der Waals surface area contributed by atoms with Crippen LogP contribution in [0.5, 0.6) is 0 Å². The second-order valence-electron chi connectivity index (χ2n) is 6.37. The molecule has 1 N–H and O–H groups in total. The average Bonchev–Trinajstić information content (AvgIpc) is 2.70. The molecule has 0 radical (unpaired) electrons. The van der Waals surface area contributed by atoms with Gasteiger partial charge in [0.2, 0.25) is 11.8 Å². The van der Waals surface area contributed by atoms with E-state index in [0.29, 0.717) is 35.7 Å². The smallest absolute Gasteiger partial charge is 0.262 e. The third-order valence-electron chi connectivity index (χ3n) is 4.33. The number of aromatic nitrogens is 2. The topological polar surface area (TPSA) is 84.3 Å². The van der Waals surface area contributed by atoms with E-state index in [0.717, 1.165) is 12.8 Å². The molecule has 2 rings (SSSR count). The van der Waals surface area contributed by atoms with Crippen LogP contribution in [-0.4, -0.2) is 51.7 Å². The van der Waals surface area contributed by atoms with Crippen molar-refractivity contribution in [1.29, 1.82) is 0 Å². The SMILES string of the molecule is CCCCn1c(SCC(=O)N(CC)CC(=O)NCC)nc2ccccc2c1=O. The first-order valence-corrected chi connectivity index (χ1v) is 10.7. The van der Waals surface area contributed by atoms with Crippen LogP contribution in [0, 0.1) is 0 Å². The summed E-state index contributed by atoms with van der Waals surface area (Å²) in [4.78, 5) is 43.3. The van der Waals surface area contributed by atoms with Gasteiger partial charge in [-0.2, -0.15) is 0 Å². The Labute approximate surface area is 169 Å². The van der Waals surface area contributed by atoms with Gasteiger partial charge in [0, 0.05) is 19.6 Å². The fraction of sp³-hybridized carbons (Fsp3) is 0.500. The molecule has 1 heterocycles. The number of fused-ring (bicyclic) bond motifs is 1.